The minimum atomic E-state index is -3.77. The lowest BCUT2D eigenvalue weighted by Crippen LogP contribution is -2.38. The second kappa shape index (κ2) is 6.74. The van der Waals surface area contributed by atoms with Gasteiger partial charge >= 0.3 is 0 Å². The number of aliphatic hydroxyl groups excluding tert-OH is 2. The average molecular weight is 329 g/mol. The Morgan fingerprint density at radius 1 is 1.18 bits per heavy atom. The number of piperidine rings is 1. The molecule has 22 heavy (non-hydrogen) atoms. The topological polar surface area (TPSA) is 104 Å². The second-order valence-corrected chi connectivity index (χ2v) is 6.96. The number of rotatable bonds is 5. The van der Waals surface area contributed by atoms with E-state index in [-0.39, 0.29) is 49.0 Å². The molecule has 1 aliphatic rings. The minimum Gasteiger partial charge on any atom is -0.496 e. The first-order valence-corrected chi connectivity index (χ1v) is 8.31. The maximum Gasteiger partial charge on any atom is 0.243 e. The highest BCUT2D eigenvalue weighted by Crippen LogP contribution is 2.29. The quantitative estimate of drug-likeness (QED) is 0.790. The lowest BCUT2D eigenvalue weighted by molar-refractivity contribution is -0.120. The zero-order valence-corrected chi connectivity index (χ0v) is 13.1. The molecule has 1 fully saturated rings. The molecule has 1 aliphatic heterocycles. The Morgan fingerprint density at radius 3 is 2.32 bits per heavy atom. The van der Waals surface area contributed by atoms with Crippen LogP contribution in [0.25, 0.3) is 0 Å². The second-order valence-electron chi connectivity index (χ2n) is 5.02. The van der Waals surface area contributed by atoms with Gasteiger partial charge in [0.2, 0.25) is 10.0 Å². The molecule has 1 aromatic carbocycles. The van der Waals surface area contributed by atoms with Crippen molar-refractivity contribution in [1.82, 2.24) is 4.31 Å². The van der Waals surface area contributed by atoms with E-state index in [4.69, 9.17) is 4.74 Å². The number of ketones is 1. The number of carbonyl (C=O) groups excluding carboxylic acids is 1. The van der Waals surface area contributed by atoms with Crippen LogP contribution in [0.15, 0.2) is 17.0 Å². The van der Waals surface area contributed by atoms with Gasteiger partial charge in [-0.15, -0.1) is 0 Å². The van der Waals surface area contributed by atoms with Crippen LogP contribution in [0.3, 0.4) is 0 Å². The maximum absolute atomic E-state index is 12.6. The molecule has 1 aromatic rings. The lowest BCUT2D eigenvalue weighted by atomic mass is 10.1. The van der Waals surface area contributed by atoms with Crippen LogP contribution >= 0.6 is 0 Å². The maximum atomic E-state index is 12.6. The molecule has 2 rings (SSSR count). The predicted molar refractivity (Wildman–Crippen MR) is 77.8 cm³/mol. The van der Waals surface area contributed by atoms with Crippen molar-refractivity contribution in [3.8, 4) is 5.75 Å². The molecule has 0 amide bonds. The highest BCUT2D eigenvalue weighted by Gasteiger charge is 2.29. The molecule has 0 unspecified atom stereocenters. The van der Waals surface area contributed by atoms with Gasteiger partial charge in [0.15, 0.2) is 0 Å². The summed E-state index contributed by atoms with van der Waals surface area (Å²) < 4.78 is 31.7. The predicted octanol–water partition coefficient (Wildman–Crippen LogP) is 0.0334. The molecule has 0 bridgehead atoms. The molecule has 0 spiro atoms. The van der Waals surface area contributed by atoms with Gasteiger partial charge in [0, 0.05) is 37.6 Å². The van der Waals surface area contributed by atoms with Gasteiger partial charge < -0.3 is 14.9 Å². The monoisotopic (exact) mass is 329 g/mol. The number of hydrogen-bond acceptors (Lipinski definition) is 6. The molecular weight excluding hydrogens is 310 g/mol. The minimum absolute atomic E-state index is 0.0139. The summed E-state index contributed by atoms with van der Waals surface area (Å²) in [6.45, 7) is -0.467. The standard InChI is InChI=1S/C14H19NO6S/c1-21-14-7-12(6-10(8-16)13(14)9-17)22(19,20)15-4-2-11(18)3-5-15/h6-7,16-17H,2-5,8-9H2,1H3. The summed E-state index contributed by atoms with van der Waals surface area (Å²) in [5, 5.41) is 18.7. The molecule has 8 heteroatoms. The van der Waals surface area contributed by atoms with Gasteiger partial charge in [-0.05, 0) is 11.6 Å². The van der Waals surface area contributed by atoms with Crippen molar-refractivity contribution < 1.29 is 28.2 Å². The Balaban J connectivity index is 2.44. The van der Waals surface area contributed by atoms with E-state index >= 15 is 0 Å². The van der Waals surface area contributed by atoms with Crippen molar-refractivity contribution in [3.05, 3.63) is 23.3 Å². The Bertz CT molecular complexity index is 635. The number of sulfonamides is 1. The Hall–Kier alpha value is -1.48. The molecule has 2 N–H and O–H groups in total. The molecule has 0 aromatic heterocycles. The first-order valence-electron chi connectivity index (χ1n) is 6.87. The van der Waals surface area contributed by atoms with Crippen LogP contribution in [0.4, 0.5) is 0 Å². The van der Waals surface area contributed by atoms with Crippen molar-refractivity contribution in [2.24, 2.45) is 0 Å². The largest absolute Gasteiger partial charge is 0.496 e. The van der Waals surface area contributed by atoms with Crippen molar-refractivity contribution in [2.45, 2.75) is 31.0 Å². The number of ether oxygens (including phenoxy) is 1. The molecule has 0 radical (unpaired) electrons. The number of Topliss-reactive ketones (excluding diaryl/α,β-unsaturated/α-hetero) is 1. The van der Waals surface area contributed by atoms with E-state index in [1.807, 2.05) is 0 Å². The molecular formula is C14H19NO6S. The van der Waals surface area contributed by atoms with Crippen molar-refractivity contribution in [1.29, 1.82) is 0 Å². The van der Waals surface area contributed by atoms with E-state index < -0.39 is 16.6 Å². The van der Waals surface area contributed by atoms with Crippen LogP contribution in [-0.4, -0.2) is 48.9 Å². The van der Waals surface area contributed by atoms with Crippen LogP contribution < -0.4 is 4.74 Å². The Labute approximate surface area is 129 Å². The smallest absolute Gasteiger partial charge is 0.243 e. The summed E-state index contributed by atoms with van der Waals surface area (Å²) >= 11 is 0. The number of methoxy groups -OCH3 is 1. The molecule has 0 saturated carbocycles. The summed E-state index contributed by atoms with van der Waals surface area (Å²) in [6.07, 6.45) is 0.413. The van der Waals surface area contributed by atoms with Crippen LogP contribution in [-0.2, 0) is 28.0 Å². The van der Waals surface area contributed by atoms with Gasteiger partial charge in [-0.25, -0.2) is 8.42 Å². The summed E-state index contributed by atoms with van der Waals surface area (Å²) in [5.41, 5.74) is 0.659. The van der Waals surface area contributed by atoms with E-state index in [1.165, 1.54) is 23.5 Å². The Morgan fingerprint density at radius 2 is 1.82 bits per heavy atom. The van der Waals surface area contributed by atoms with E-state index in [2.05, 4.69) is 0 Å². The van der Waals surface area contributed by atoms with Gasteiger partial charge in [-0.2, -0.15) is 4.31 Å². The van der Waals surface area contributed by atoms with E-state index in [0.29, 0.717) is 11.1 Å². The van der Waals surface area contributed by atoms with Crippen LogP contribution in [0.2, 0.25) is 0 Å². The van der Waals surface area contributed by atoms with Crippen LogP contribution in [0.1, 0.15) is 24.0 Å². The fourth-order valence-electron chi connectivity index (χ4n) is 2.45. The number of nitrogens with zero attached hydrogens (tertiary/aromatic N) is 1. The normalized spacial score (nSPS) is 16.8. The van der Waals surface area contributed by atoms with E-state index in [1.54, 1.807) is 0 Å². The van der Waals surface area contributed by atoms with Gasteiger partial charge in [0.25, 0.3) is 0 Å². The zero-order chi connectivity index (χ0) is 16.3. The summed E-state index contributed by atoms with van der Waals surface area (Å²) in [4.78, 5) is 11.2. The molecule has 1 heterocycles. The molecule has 1 saturated heterocycles. The summed E-state index contributed by atoms with van der Waals surface area (Å²) in [5.74, 6) is 0.261. The van der Waals surface area contributed by atoms with Gasteiger partial charge in [-0.1, -0.05) is 0 Å². The van der Waals surface area contributed by atoms with Gasteiger partial charge in [-0.3, -0.25) is 4.79 Å². The lowest BCUT2D eigenvalue weighted by Gasteiger charge is -2.26. The average Bonchev–Trinajstić information content (AvgIpc) is 2.53. The van der Waals surface area contributed by atoms with Crippen molar-refractivity contribution in [2.75, 3.05) is 20.2 Å². The highest BCUT2D eigenvalue weighted by atomic mass is 32.2. The van der Waals surface area contributed by atoms with Crippen LogP contribution in [0, 0.1) is 0 Å². The first kappa shape index (κ1) is 16.9. The van der Waals surface area contributed by atoms with Crippen molar-refractivity contribution in [3.63, 3.8) is 0 Å². The SMILES string of the molecule is COc1cc(S(=O)(=O)N2CCC(=O)CC2)cc(CO)c1CO. The molecule has 0 atom stereocenters. The van der Waals surface area contributed by atoms with E-state index in [9.17, 15) is 23.4 Å². The first-order chi connectivity index (χ1) is 10.4. The molecule has 122 valence electrons. The number of aliphatic hydroxyl groups is 2. The van der Waals surface area contributed by atoms with Gasteiger partial charge in [0.1, 0.15) is 11.5 Å². The number of benzene rings is 1. The Kier molecular flexibility index (Phi) is 5.17. The number of hydrogen-bond donors (Lipinski definition) is 2. The van der Waals surface area contributed by atoms with Gasteiger partial charge in [0.05, 0.1) is 25.2 Å². The third-order valence-electron chi connectivity index (χ3n) is 3.74. The van der Waals surface area contributed by atoms with Crippen LogP contribution in [0.5, 0.6) is 5.75 Å². The fraction of sp³-hybridized carbons (Fsp3) is 0.500. The summed E-state index contributed by atoms with van der Waals surface area (Å²) in [6, 6.07) is 2.66. The molecule has 7 nitrogen and oxygen atoms in total. The highest BCUT2D eigenvalue weighted by molar-refractivity contribution is 7.89. The van der Waals surface area contributed by atoms with E-state index in [0.717, 1.165) is 0 Å². The third kappa shape index (κ3) is 3.14. The number of carbonyl (C=O) groups is 1. The fourth-order valence-corrected chi connectivity index (χ4v) is 3.96. The van der Waals surface area contributed by atoms with Crippen molar-refractivity contribution >= 4 is 15.8 Å². The summed E-state index contributed by atoms with van der Waals surface area (Å²) in [7, 11) is -2.40. The third-order valence-corrected chi connectivity index (χ3v) is 5.62. The molecule has 0 aliphatic carbocycles. The zero-order valence-electron chi connectivity index (χ0n) is 12.3.